The van der Waals surface area contributed by atoms with Crippen LogP contribution in [0.1, 0.15) is 80.7 Å². The summed E-state index contributed by atoms with van der Waals surface area (Å²) in [5, 5.41) is 4.34. The molecule has 53 heavy (non-hydrogen) atoms. The fourth-order valence-electron chi connectivity index (χ4n) is 7.65. The van der Waals surface area contributed by atoms with E-state index in [0.29, 0.717) is 59.8 Å². The molecule has 3 saturated heterocycles. The molecule has 0 spiro atoms. The monoisotopic (exact) mass is 731 g/mol. The number of piperidine rings is 2. The Labute approximate surface area is 307 Å². The minimum Gasteiger partial charge on any atom is -0.473 e. The fraction of sp³-hybridized carbons (Fsp3) is 0.439. The number of allylic oxidation sites excluding steroid dienone is 1. The van der Waals surface area contributed by atoms with Gasteiger partial charge in [-0.05, 0) is 98.4 Å². The minimum absolute atomic E-state index is 0.0473. The lowest BCUT2D eigenvalue weighted by molar-refractivity contribution is -0.127. The third kappa shape index (κ3) is 9.16. The van der Waals surface area contributed by atoms with Gasteiger partial charge in [0.1, 0.15) is 6.10 Å². The van der Waals surface area contributed by atoms with Crippen molar-refractivity contribution in [3.05, 3.63) is 102 Å². The van der Waals surface area contributed by atoms with E-state index in [2.05, 4.69) is 15.0 Å². The molecule has 2 atom stereocenters. The molecule has 12 heteroatoms. The number of carbonyl (C=O) groups excluding carboxylic acids is 1. The Balaban J connectivity index is 1.15. The molecule has 0 bridgehead atoms. The summed E-state index contributed by atoms with van der Waals surface area (Å²) in [7, 11) is 0. The van der Waals surface area contributed by atoms with Crippen LogP contribution in [0.5, 0.6) is 5.88 Å². The number of benzene rings is 2. The van der Waals surface area contributed by atoms with E-state index in [4.69, 9.17) is 9.47 Å². The Morgan fingerprint density at radius 1 is 0.906 bits per heavy atom. The van der Waals surface area contributed by atoms with Crippen molar-refractivity contribution in [2.24, 2.45) is 0 Å². The molecule has 2 aromatic heterocycles. The largest absolute Gasteiger partial charge is 0.473 e. The lowest BCUT2D eigenvalue weighted by atomic mass is 9.88. The molecule has 3 fully saturated rings. The molecule has 1 amide bonds. The first-order valence-electron chi connectivity index (χ1n) is 18.7. The Kier molecular flexibility index (Phi) is 11.5. The van der Waals surface area contributed by atoms with E-state index >= 15 is 4.39 Å². The van der Waals surface area contributed by atoms with Gasteiger partial charge >= 0.3 is 6.18 Å². The quantitative estimate of drug-likeness (QED) is 0.0925. The molecule has 0 radical (unpaired) electrons. The Morgan fingerprint density at radius 2 is 1.72 bits per heavy atom. The molecule has 7 rings (SSSR count). The zero-order chi connectivity index (χ0) is 36.8. The lowest BCUT2D eigenvalue weighted by Crippen LogP contribution is -2.41. The van der Waals surface area contributed by atoms with Crippen LogP contribution >= 0.6 is 0 Å². The Morgan fingerprint density at radius 3 is 2.45 bits per heavy atom. The van der Waals surface area contributed by atoms with Crippen molar-refractivity contribution in [2.75, 3.05) is 39.3 Å². The number of ether oxygens (including phenoxy) is 2. The summed E-state index contributed by atoms with van der Waals surface area (Å²) >= 11 is 0. The van der Waals surface area contributed by atoms with Crippen LogP contribution in [-0.2, 0) is 9.53 Å². The molecule has 2 aromatic carbocycles. The number of aromatic nitrogens is 3. The predicted octanol–water partition coefficient (Wildman–Crippen LogP) is 8.59. The van der Waals surface area contributed by atoms with Crippen molar-refractivity contribution in [3.63, 3.8) is 0 Å². The van der Waals surface area contributed by atoms with Crippen molar-refractivity contribution >= 4 is 28.0 Å². The molecule has 3 aliphatic rings. The van der Waals surface area contributed by atoms with Crippen molar-refractivity contribution in [1.82, 2.24) is 24.6 Å². The van der Waals surface area contributed by atoms with Gasteiger partial charge in [-0.1, -0.05) is 42.5 Å². The SMILES string of the molecule is O=C(/C=C/CN1CCC[C@@H](Oc2ccc(/C(=C(/CC(F)(F)F)c3ccccc3)c3ccc4c(c3)c(F)nn4C3CCCCO3)cn2)C1)N1CCCCC1. The number of halogens is 4. The number of carbonyl (C=O) groups is 1. The summed E-state index contributed by atoms with van der Waals surface area (Å²) in [6.07, 6.45) is 6.45. The van der Waals surface area contributed by atoms with Gasteiger partial charge in [0.15, 0.2) is 6.23 Å². The van der Waals surface area contributed by atoms with Gasteiger partial charge in [0.25, 0.3) is 0 Å². The second kappa shape index (κ2) is 16.6. The molecular formula is C41H45F4N5O3. The molecule has 0 N–H and O–H groups in total. The van der Waals surface area contributed by atoms with Gasteiger partial charge in [-0.3, -0.25) is 9.69 Å². The van der Waals surface area contributed by atoms with Crippen LogP contribution in [0.2, 0.25) is 0 Å². The highest BCUT2D eigenvalue weighted by molar-refractivity contribution is 6.00. The topological polar surface area (TPSA) is 72.7 Å². The van der Waals surface area contributed by atoms with Gasteiger partial charge in [0, 0.05) is 56.7 Å². The summed E-state index contributed by atoms with van der Waals surface area (Å²) in [6, 6.07) is 16.8. The van der Waals surface area contributed by atoms with Crippen molar-refractivity contribution in [3.8, 4) is 5.88 Å². The van der Waals surface area contributed by atoms with Crippen LogP contribution in [0.3, 0.4) is 0 Å². The van der Waals surface area contributed by atoms with Crippen LogP contribution in [0.4, 0.5) is 17.6 Å². The van der Waals surface area contributed by atoms with E-state index in [1.54, 1.807) is 66.7 Å². The average Bonchev–Trinajstić information content (AvgIpc) is 3.51. The number of hydrogen-bond acceptors (Lipinski definition) is 6. The van der Waals surface area contributed by atoms with Gasteiger partial charge in [-0.15, -0.1) is 5.10 Å². The normalized spacial score (nSPS) is 20.9. The van der Waals surface area contributed by atoms with E-state index in [-0.39, 0.29) is 23.0 Å². The summed E-state index contributed by atoms with van der Waals surface area (Å²) < 4.78 is 72.0. The molecule has 3 aliphatic heterocycles. The number of amides is 1. The third-order valence-electron chi connectivity index (χ3n) is 10.2. The molecule has 4 aromatic rings. The van der Waals surface area contributed by atoms with E-state index in [1.165, 1.54) is 17.3 Å². The molecule has 8 nitrogen and oxygen atoms in total. The third-order valence-corrected chi connectivity index (χ3v) is 10.2. The fourth-order valence-corrected chi connectivity index (χ4v) is 7.65. The van der Waals surface area contributed by atoms with Crippen LogP contribution in [0.15, 0.2) is 79.0 Å². The van der Waals surface area contributed by atoms with Crippen LogP contribution < -0.4 is 4.74 Å². The maximum absolute atomic E-state index is 15.5. The first kappa shape index (κ1) is 36.8. The maximum atomic E-state index is 15.5. The molecule has 0 aliphatic carbocycles. The van der Waals surface area contributed by atoms with E-state index in [9.17, 15) is 18.0 Å². The van der Waals surface area contributed by atoms with Crippen molar-refractivity contribution in [1.29, 1.82) is 0 Å². The maximum Gasteiger partial charge on any atom is 0.393 e. The number of nitrogens with zero attached hydrogens (tertiary/aromatic N) is 5. The number of pyridine rings is 1. The van der Waals surface area contributed by atoms with Gasteiger partial charge in [0.2, 0.25) is 17.7 Å². The first-order valence-corrected chi connectivity index (χ1v) is 18.7. The highest BCUT2D eigenvalue weighted by Crippen LogP contribution is 2.41. The number of alkyl halides is 3. The molecule has 280 valence electrons. The van der Waals surface area contributed by atoms with Crippen LogP contribution in [0.25, 0.3) is 22.0 Å². The van der Waals surface area contributed by atoms with Crippen LogP contribution in [0, 0.1) is 5.95 Å². The van der Waals surface area contributed by atoms with Gasteiger partial charge in [0.05, 0.1) is 17.3 Å². The lowest BCUT2D eigenvalue weighted by Gasteiger charge is -2.32. The second-order valence-corrected chi connectivity index (χ2v) is 14.1. The predicted molar refractivity (Wildman–Crippen MR) is 195 cm³/mol. The Hall–Kier alpha value is -4.55. The van der Waals surface area contributed by atoms with E-state index < -0.39 is 24.8 Å². The summed E-state index contributed by atoms with van der Waals surface area (Å²) in [5.74, 6) is -0.282. The van der Waals surface area contributed by atoms with Crippen molar-refractivity contribution in [2.45, 2.75) is 76.3 Å². The minimum atomic E-state index is -4.52. The van der Waals surface area contributed by atoms with Gasteiger partial charge < -0.3 is 14.4 Å². The molecular weight excluding hydrogens is 686 g/mol. The molecule has 0 saturated carbocycles. The number of rotatable bonds is 10. The van der Waals surface area contributed by atoms with Crippen LogP contribution in [-0.4, -0.2) is 82.1 Å². The standard InChI is InChI=1S/C41H45F4N5O3/c42-40-33-25-30(16-18-35(33)50(47-40)38-15-5-8-24-52-38)39(34(26-41(43,44)45)29-11-3-1-4-12-29)31-17-19-36(46-27-31)53-32-13-9-20-48(28-32)21-10-14-37(51)49-22-6-2-7-23-49/h1,3-4,10-12,14,16-19,25,27,32,38H,2,5-9,13,15,20-24,26,28H2/b14-10+,39-34-/t32-,38?/m1/s1. The first-order chi connectivity index (χ1) is 25.7. The summed E-state index contributed by atoms with van der Waals surface area (Å²) in [6.45, 7) is 4.38. The highest BCUT2D eigenvalue weighted by Gasteiger charge is 2.32. The van der Waals surface area contributed by atoms with E-state index in [0.717, 1.165) is 58.2 Å². The molecule has 5 heterocycles. The van der Waals surface area contributed by atoms with Gasteiger partial charge in [-0.2, -0.15) is 17.6 Å². The second-order valence-electron chi connectivity index (χ2n) is 14.1. The smallest absolute Gasteiger partial charge is 0.393 e. The number of fused-ring (bicyclic) bond motifs is 1. The highest BCUT2D eigenvalue weighted by atomic mass is 19.4. The Bertz CT molecular complexity index is 1910. The zero-order valence-electron chi connectivity index (χ0n) is 29.7. The zero-order valence-corrected chi connectivity index (χ0v) is 29.7. The number of likely N-dealkylation sites (tertiary alicyclic amines) is 2. The summed E-state index contributed by atoms with van der Waals surface area (Å²) in [5.41, 5.74) is 2.12. The van der Waals surface area contributed by atoms with Gasteiger partial charge in [-0.25, -0.2) is 9.67 Å². The van der Waals surface area contributed by atoms with E-state index in [1.807, 2.05) is 11.0 Å². The average molecular weight is 732 g/mol. The molecule has 1 unspecified atom stereocenters. The van der Waals surface area contributed by atoms with Crippen molar-refractivity contribution < 1.29 is 31.8 Å². The number of hydrogen-bond donors (Lipinski definition) is 0. The summed E-state index contributed by atoms with van der Waals surface area (Å²) in [4.78, 5) is 21.3.